The van der Waals surface area contributed by atoms with Crippen molar-refractivity contribution in [1.29, 1.82) is 0 Å². The van der Waals surface area contributed by atoms with Crippen molar-refractivity contribution < 1.29 is 19.4 Å². The number of amides is 1. The number of nitrogens with zero attached hydrogens (tertiary/aromatic N) is 1. The molecule has 1 amide bonds. The second kappa shape index (κ2) is 4.63. The van der Waals surface area contributed by atoms with Gasteiger partial charge in [-0.2, -0.15) is 0 Å². The summed E-state index contributed by atoms with van der Waals surface area (Å²) in [6.45, 7) is 2.56. The second-order valence-corrected chi connectivity index (χ2v) is 5.22. The molecule has 3 atom stereocenters. The van der Waals surface area contributed by atoms with Gasteiger partial charge in [0.15, 0.2) is 0 Å². The van der Waals surface area contributed by atoms with E-state index in [1.54, 1.807) is 0 Å². The largest absolute Gasteiger partial charge is 0.480 e. The Balaban J connectivity index is 2.06. The second-order valence-electron chi connectivity index (χ2n) is 4.22. The number of thioether (sulfide) groups is 1. The molecular formula is C10H15NO4S. The Morgan fingerprint density at radius 1 is 1.50 bits per heavy atom. The molecule has 0 saturated carbocycles. The van der Waals surface area contributed by atoms with Crippen LogP contribution >= 0.6 is 11.8 Å². The Morgan fingerprint density at radius 2 is 2.25 bits per heavy atom. The van der Waals surface area contributed by atoms with E-state index < -0.39 is 18.1 Å². The van der Waals surface area contributed by atoms with E-state index in [0.717, 1.165) is 6.42 Å². The summed E-state index contributed by atoms with van der Waals surface area (Å²) in [4.78, 5) is 24.5. The van der Waals surface area contributed by atoms with Gasteiger partial charge in [0.25, 0.3) is 5.91 Å². The molecule has 90 valence electrons. The SMILES string of the molecule is CC1CCOC1C(=O)N1CSCC1C(=O)O. The Hall–Kier alpha value is -0.750. The molecule has 2 saturated heterocycles. The number of carbonyl (C=O) groups is 2. The Morgan fingerprint density at radius 3 is 2.81 bits per heavy atom. The number of carbonyl (C=O) groups excluding carboxylic acids is 1. The van der Waals surface area contributed by atoms with Crippen molar-refractivity contribution in [2.24, 2.45) is 5.92 Å². The third-order valence-corrected chi connectivity index (χ3v) is 4.09. The molecule has 0 aliphatic carbocycles. The maximum absolute atomic E-state index is 12.1. The lowest BCUT2D eigenvalue weighted by molar-refractivity contribution is -0.152. The van der Waals surface area contributed by atoms with Crippen LogP contribution in [0, 0.1) is 5.92 Å². The highest BCUT2D eigenvalue weighted by Crippen LogP contribution is 2.27. The van der Waals surface area contributed by atoms with Gasteiger partial charge in [-0.05, 0) is 12.3 Å². The molecule has 2 fully saturated rings. The van der Waals surface area contributed by atoms with E-state index in [9.17, 15) is 9.59 Å². The van der Waals surface area contributed by atoms with E-state index in [1.807, 2.05) is 6.92 Å². The minimum absolute atomic E-state index is 0.164. The first-order chi connectivity index (χ1) is 7.61. The molecule has 2 aliphatic rings. The molecule has 16 heavy (non-hydrogen) atoms. The van der Waals surface area contributed by atoms with Gasteiger partial charge in [0, 0.05) is 12.4 Å². The minimum Gasteiger partial charge on any atom is -0.480 e. The predicted molar refractivity (Wildman–Crippen MR) is 59.1 cm³/mol. The third-order valence-electron chi connectivity index (χ3n) is 3.08. The molecule has 6 heteroatoms. The lowest BCUT2D eigenvalue weighted by atomic mass is 10.0. The van der Waals surface area contributed by atoms with Gasteiger partial charge in [-0.3, -0.25) is 4.79 Å². The van der Waals surface area contributed by atoms with Gasteiger partial charge in [0.1, 0.15) is 12.1 Å². The van der Waals surface area contributed by atoms with Crippen LogP contribution in [0.15, 0.2) is 0 Å². The highest BCUT2D eigenvalue weighted by molar-refractivity contribution is 7.99. The van der Waals surface area contributed by atoms with Crippen LogP contribution in [0.1, 0.15) is 13.3 Å². The third kappa shape index (κ3) is 2.04. The van der Waals surface area contributed by atoms with Crippen LogP contribution in [-0.2, 0) is 14.3 Å². The quantitative estimate of drug-likeness (QED) is 0.762. The number of carboxylic acid groups (broad SMARTS) is 1. The number of aliphatic carboxylic acids is 1. The highest BCUT2D eigenvalue weighted by Gasteiger charge is 2.41. The number of rotatable bonds is 2. The van der Waals surface area contributed by atoms with Crippen LogP contribution in [0.4, 0.5) is 0 Å². The molecule has 0 aromatic carbocycles. The average molecular weight is 245 g/mol. The van der Waals surface area contributed by atoms with Crippen LogP contribution in [0.2, 0.25) is 0 Å². The summed E-state index contributed by atoms with van der Waals surface area (Å²) in [5, 5.41) is 8.99. The predicted octanol–water partition coefficient (Wildman–Crippen LogP) is 0.397. The fraction of sp³-hybridized carbons (Fsp3) is 0.800. The average Bonchev–Trinajstić information content (AvgIpc) is 2.84. The van der Waals surface area contributed by atoms with Crippen molar-refractivity contribution >= 4 is 23.6 Å². The molecule has 0 bridgehead atoms. The molecule has 2 aliphatic heterocycles. The Labute approximate surface area is 98.1 Å². The first kappa shape index (κ1) is 11.7. The molecule has 0 radical (unpaired) electrons. The molecule has 2 rings (SSSR count). The summed E-state index contributed by atoms with van der Waals surface area (Å²) in [5.74, 6) is 0.0313. The Bertz CT molecular complexity index is 309. The summed E-state index contributed by atoms with van der Waals surface area (Å²) in [6.07, 6.45) is 0.426. The van der Waals surface area contributed by atoms with Crippen LogP contribution in [0.5, 0.6) is 0 Å². The molecule has 5 nitrogen and oxygen atoms in total. The first-order valence-electron chi connectivity index (χ1n) is 5.34. The van der Waals surface area contributed by atoms with E-state index in [2.05, 4.69) is 0 Å². The van der Waals surface area contributed by atoms with Crippen molar-refractivity contribution in [3.05, 3.63) is 0 Å². The van der Waals surface area contributed by atoms with Gasteiger partial charge >= 0.3 is 5.97 Å². The summed E-state index contributed by atoms with van der Waals surface area (Å²) >= 11 is 1.48. The standard InChI is InChI=1S/C10H15NO4S/c1-6-2-3-15-8(6)9(12)11-5-16-4-7(11)10(13)14/h6-8H,2-5H2,1H3,(H,13,14). The molecule has 0 aromatic rings. The highest BCUT2D eigenvalue weighted by atomic mass is 32.2. The maximum Gasteiger partial charge on any atom is 0.327 e. The van der Waals surface area contributed by atoms with Gasteiger partial charge in [-0.25, -0.2) is 4.79 Å². The normalized spacial score (nSPS) is 34.3. The van der Waals surface area contributed by atoms with Gasteiger partial charge in [-0.1, -0.05) is 6.92 Å². The van der Waals surface area contributed by atoms with Crippen molar-refractivity contribution in [1.82, 2.24) is 4.90 Å². The van der Waals surface area contributed by atoms with E-state index in [1.165, 1.54) is 16.7 Å². The van der Waals surface area contributed by atoms with E-state index >= 15 is 0 Å². The van der Waals surface area contributed by atoms with Crippen LogP contribution in [-0.4, -0.2) is 52.3 Å². The summed E-state index contributed by atoms with van der Waals surface area (Å²) in [7, 11) is 0. The lowest BCUT2D eigenvalue weighted by Gasteiger charge is -2.25. The number of ether oxygens (including phenoxy) is 1. The van der Waals surface area contributed by atoms with Crippen molar-refractivity contribution in [3.63, 3.8) is 0 Å². The van der Waals surface area contributed by atoms with Crippen LogP contribution in [0.25, 0.3) is 0 Å². The summed E-state index contributed by atoms with van der Waals surface area (Å²) in [6, 6.07) is -0.686. The number of hydrogen-bond acceptors (Lipinski definition) is 4. The van der Waals surface area contributed by atoms with Gasteiger partial charge in [0.2, 0.25) is 0 Å². The molecule has 3 unspecified atom stereocenters. The topological polar surface area (TPSA) is 66.8 Å². The number of carboxylic acids is 1. The molecule has 2 heterocycles. The first-order valence-corrected chi connectivity index (χ1v) is 6.49. The summed E-state index contributed by atoms with van der Waals surface area (Å²) in [5.41, 5.74) is 0. The van der Waals surface area contributed by atoms with Gasteiger partial charge in [0.05, 0.1) is 5.88 Å². The van der Waals surface area contributed by atoms with Crippen LogP contribution in [0.3, 0.4) is 0 Å². The van der Waals surface area contributed by atoms with E-state index in [0.29, 0.717) is 18.2 Å². The smallest absolute Gasteiger partial charge is 0.327 e. The fourth-order valence-electron chi connectivity index (χ4n) is 2.04. The molecule has 0 aromatic heterocycles. The van der Waals surface area contributed by atoms with Crippen molar-refractivity contribution in [3.8, 4) is 0 Å². The lowest BCUT2D eigenvalue weighted by Crippen LogP contribution is -2.47. The van der Waals surface area contributed by atoms with Gasteiger partial charge < -0.3 is 14.7 Å². The van der Waals surface area contributed by atoms with E-state index in [4.69, 9.17) is 9.84 Å². The van der Waals surface area contributed by atoms with E-state index in [-0.39, 0.29) is 11.8 Å². The van der Waals surface area contributed by atoms with Crippen molar-refractivity contribution in [2.75, 3.05) is 18.2 Å². The monoisotopic (exact) mass is 245 g/mol. The molecule has 0 spiro atoms. The zero-order chi connectivity index (χ0) is 11.7. The zero-order valence-corrected chi connectivity index (χ0v) is 9.90. The maximum atomic E-state index is 12.1. The minimum atomic E-state index is -0.927. The fourth-order valence-corrected chi connectivity index (χ4v) is 3.19. The zero-order valence-electron chi connectivity index (χ0n) is 9.09. The van der Waals surface area contributed by atoms with Crippen molar-refractivity contribution in [2.45, 2.75) is 25.5 Å². The Kier molecular flexibility index (Phi) is 3.39. The number of hydrogen-bond donors (Lipinski definition) is 1. The van der Waals surface area contributed by atoms with Gasteiger partial charge in [-0.15, -0.1) is 11.8 Å². The molecule has 1 N–H and O–H groups in total. The molecular weight excluding hydrogens is 230 g/mol. The van der Waals surface area contributed by atoms with Crippen LogP contribution < -0.4 is 0 Å². The summed E-state index contributed by atoms with van der Waals surface area (Å²) < 4.78 is 5.37.